The summed E-state index contributed by atoms with van der Waals surface area (Å²) in [5.74, 6) is 2.06. The van der Waals surface area contributed by atoms with Crippen molar-refractivity contribution < 1.29 is 9.15 Å². The molecule has 1 N–H and O–H groups in total. The fourth-order valence-corrected chi connectivity index (χ4v) is 1.87. The molecule has 0 amide bonds. The average Bonchev–Trinajstić information content (AvgIpc) is 2.97. The van der Waals surface area contributed by atoms with Crippen LogP contribution in [0, 0.1) is 6.92 Å². The minimum Gasteiger partial charge on any atom is -0.495 e. The second-order valence-electron chi connectivity index (χ2n) is 4.60. The second-order valence-corrected chi connectivity index (χ2v) is 4.60. The van der Waals surface area contributed by atoms with Crippen LogP contribution >= 0.6 is 0 Å². The fraction of sp³-hybridized carbons (Fsp3) is 0.125. The highest BCUT2D eigenvalue weighted by atomic mass is 16.5. The lowest BCUT2D eigenvalue weighted by Crippen LogP contribution is -1.93. The molecular formula is C16H15N3O2. The Bertz CT molecular complexity index is 718. The molecule has 0 bridgehead atoms. The predicted octanol–water partition coefficient (Wildman–Crippen LogP) is 3.80. The van der Waals surface area contributed by atoms with Gasteiger partial charge in [-0.25, -0.2) is 9.97 Å². The number of hydrogen-bond donors (Lipinski definition) is 1. The lowest BCUT2D eigenvalue weighted by atomic mass is 10.1. The Labute approximate surface area is 122 Å². The molecule has 106 valence electrons. The van der Waals surface area contributed by atoms with E-state index in [9.17, 15) is 0 Å². The lowest BCUT2D eigenvalue weighted by molar-refractivity contribution is 0.413. The van der Waals surface area contributed by atoms with Crippen LogP contribution in [0.2, 0.25) is 0 Å². The summed E-state index contributed by atoms with van der Waals surface area (Å²) in [6.07, 6.45) is 3.32. The van der Waals surface area contributed by atoms with Gasteiger partial charge in [0.15, 0.2) is 5.76 Å². The molecule has 21 heavy (non-hydrogen) atoms. The molecule has 0 unspecified atom stereocenters. The van der Waals surface area contributed by atoms with Crippen molar-refractivity contribution in [2.45, 2.75) is 6.92 Å². The van der Waals surface area contributed by atoms with E-state index in [2.05, 4.69) is 15.3 Å². The van der Waals surface area contributed by atoms with Crippen LogP contribution in [0.1, 0.15) is 5.56 Å². The third-order valence-corrected chi connectivity index (χ3v) is 3.05. The zero-order chi connectivity index (χ0) is 14.7. The van der Waals surface area contributed by atoms with Gasteiger partial charge in [-0.3, -0.25) is 5.32 Å². The smallest absolute Gasteiger partial charge is 0.300 e. The van der Waals surface area contributed by atoms with Gasteiger partial charge in [-0.1, -0.05) is 29.8 Å². The number of oxazole rings is 1. The summed E-state index contributed by atoms with van der Waals surface area (Å²) in [5.41, 5.74) is 2.20. The van der Waals surface area contributed by atoms with Gasteiger partial charge < -0.3 is 9.15 Å². The normalized spacial score (nSPS) is 10.4. The Morgan fingerprint density at radius 3 is 2.48 bits per heavy atom. The van der Waals surface area contributed by atoms with Crippen LogP contribution in [0.3, 0.4) is 0 Å². The largest absolute Gasteiger partial charge is 0.495 e. The van der Waals surface area contributed by atoms with Crippen molar-refractivity contribution in [1.29, 1.82) is 0 Å². The number of anilines is 2. The van der Waals surface area contributed by atoms with Gasteiger partial charge >= 0.3 is 6.01 Å². The molecule has 3 rings (SSSR count). The van der Waals surface area contributed by atoms with Crippen LogP contribution in [0.5, 0.6) is 5.75 Å². The Morgan fingerprint density at radius 1 is 1.00 bits per heavy atom. The molecule has 2 aromatic heterocycles. The number of nitrogens with one attached hydrogen (secondary N) is 1. The Morgan fingerprint density at radius 2 is 1.81 bits per heavy atom. The third kappa shape index (κ3) is 3.02. The summed E-state index contributed by atoms with van der Waals surface area (Å²) in [4.78, 5) is 8.41. The fourth-order valence-electron chi connectivity index (χ4n) is 1.87. The highest BCUT2D eigenvalue weighted by molar-refractivity contribution is 5.59. The molecule has 0 saturated carbocycles. The Kier molecular flexibility index (Phi) is 3.55. The third-order valence-electron chi connectivity index (χ3n) is 3.05. The number of ether oxygens (including phenoxy) is 1. The molecule has 1 aromatic carbocycles. The van der Waals surface area contributed by atoms with E-state index in [0.29, 0.717) is 23.3 Å². The maximum atomic E-state index is 5.68. The number of aryl methyl sites for hydroxylation is 1. The standard InChI is InChI=1S/C16H15N3O2/c1-11-3-5-12(6-4-11)14-10-18-16(21-14)19-15-8-7-13(20-2)9-17-15/h3-10H,1-2H3,(H,17,18,19). The first kappa shape index (κ1) is 13.2. The minimum atomic E-state index is 0.406. The van der Waals surface area contributed by atoms with E-state index in [4.69, 9.17) is 9.15 Å². The average molecular weight is 281 g/mol. The van der Waals surface area contributed by atoms with Gasteiger partial charge in [-0.2, -0.15) is 0 Å². The van der Waals surface area contributed by atoms with Gasteiger partial charge in [0, 0.05) is 5.56 Å². The highest BCUT2D eigenvalue weighted by Gasteiger charge is 2.07. The molecule has 0 radical (unpaired) electrons. The van der Waals surface area contributed by atoms with Crippen molar-refractivity contribution in [3.63, 3.8) is 0 Å². The first-order valence-corrected chi connectivity index (χ1v) is 6.54. The number of nitrogens with zero attached hydrogens (tertiary/aromatic N) is 2. The van der Waals surface area contributed by atoms with Crippen LogP contribution < -0.4 is 10.1 Å². The van der Waals surface area contributed by atoms with E-state index in [0.717, 1.165) is 5.56 Å². The molecule has 0 atom stereocenters. The molecule has 0 spiro atoms. The topological polar surface area (TPSA) is 60.2 Å². The second kappa shape index (κ2) is 5.66. The van der Waals surface area contributed by atoms with Gasteiger partial charge in [-0.05, 0) is 19.1 Å². The molecule has 5 nitrogen and oxygen atoms in total. The summed E-state index contributed by atoms with van der Waals surface area (Å²) in [5, 5.41) is 3.01. The van der Waals surface area contributed by atoms with E-state index >= 15 is 0 Å². The van der Waals surface area contributed by atoms with Crippen molar-refractivity contribution in [2.24, 2.45) is 0 Å². The quantitative estimate of drug-likeness (QED) is 0.788. The van der Waals surface area contributed by atoms with Crippen molar-refractivity contribution in [3.05, 3.63) is 54.4 Å². The summed E-state index contributed by atoms with van der Waals surface area (Å²) in [6, 6.07) is 12.1. The van der Waals surface area contributed by atoms with Gasteiger partial charge in [0.05, 0.1) is 19.5 Å². The summed E-state index contributed by atoms with van der Waals surface area (Å²) in [6.45, 7) is 2.05. The highest BCUT2D eigenvalue weighted by Crippen LogP contribution is 2.24. The summed E-state index contributed by atoms with van der Waals surface area (Å²) in [7, 11) is 1.60. The molecular weight excluding hydrogens is 266 g/mol. The van der Waals surface area contributed by atoms with Crippen molar-refractivity contribution in [2.75, 3.05) is 12.4 Å². The van der Waals surface area contributed by atoms with Crippen molar-refractivity contribution >= 4 is 11.8 Å². The molecule has 0 aliphatic carbocycles. The molecule has 5 heteroatoms. The number of methoxy groups -OCH3 is 1. The first-order valence-electron chi connectivity index (χ1n) is 6.54. The molecule has 0 aliphatic rings. The number of hydrogen-bond acceptors (Lipinski definition) is 5. The summed E-state index contributed by atoms with van der Waals surface area (Å²) >= 11 is 0. The first-order chi connectivity index (χ1) is 10.2. The molecule has 3 aromatic rings. The minimum absolute atomic E-state index is 0.406. The zero-order valence-electron chi connectivity index (χ0n) is 11.8. The van der Waals surface area contributed by atoms with E-state index in [1.165, 1.54) is 5.56 Å². The molecule has 0 aliphatic heterocycles. The number of benzene rings is 1. The van der Waals surface area contributed by atoms with Gasteiger partial charge in [0.1, 0.15) is 11.6 Å². The SMILES string of the molecule is COc1ccc(Nc2ncc(-c3ccc(C)cc3)o2)nc1. The predicted molar refractivity (Wildman–Crippen MR) is 80.7 cm³/mol. The maximum Gasteiger partial charge on any atom is 0.300 e. The maximum absolute atomic E-state index is 5.68. The van der Waals surface area contributed by atoms with E-state index < -0.39 is 0 Å². The van der Waals surface area contributed by atoms with Crippen LogP contribution in [0.15, 0.2) is 53.2 Å². The van der Waals surface area contributed by atoms with Crippen molar-refractivity contribution in [3.8, 4) is 17.1 Å². The molecule has 0 fully saturated rings. The molecule has 0 saturated heterocycles. The zero-order valence-corrected chi connectivity index (χ0v) is 11.8. The Hall–Kier alpha value is -2.82. The monoisotopic (exact) mass is 281 g/mol. The van der Waals surface area contributed by atoms with Crippen LogP contribution in [0.25, 0.3) is 11.3 Å². The van der Waals surface area contributed by atoms with E-state index in [-0.39, 0.29) is 0 Å². The van der Waals surface area contributed by atoms with Crippen molar-refractivity contribution in [1.82, 2.24) is 9.97 Å². The Balaban J connectivity index is 1.76. The molecule has 2 heterocycles. The van der Waals surface area contributed by atoms with E-state index in [1.54, 1.807) is 25.6 Å². The number of pyridine rings is 1. The van der Waals surface area contributed by atoms with Crippen LogP contribution in [-0.4, -0.2) is 17.1 Å². The number of aromatic nitrogens is 2. The lowest BCUT2D eigenvalue weighted by Gasteiger charge is -2.02. The van der Waals surface area contributed by atoms with Gasteiger partial charge in [0.25, 0.3) is 0 Å². The van der Waals surface area contributed by atoms with E-state index in [1.807, 2.05) is 37.3 Å². The number of rotatable bonds is 4. The van der Waals surface area contributed by atoms with Gasteiger partial charge in [-0.15, -0.1) is 0 Å². The van der Waals surface area contributed by atoms with Crippen LogP contribution in [-0.2, 0) is 0 Å². The van der Waals surface area contributed by atoms with Crippen LogP contribution in [0.4, 0.5) is 11.8 Å². The summed E-state index contributed by atoms with van der Waals surface area (Å²) < 4.78 is 10.7. The van der Waals surface area contributed by atoms with Gasteiger partial charge in [0.2, 0.25) is 0 Å².